The van der Waals surface area contributed by atoms with Crippen molar-refractivity contribution in [1.82, 2.24) is 5.32 Å². The van der Waals surface area contributed by atoms with Crippen LogP contribution in [-0.2, 0) is 4.79 Å². The fraction of sp³-hybridized carbons (Fsp3) is 0.417. The van der Waals surface area contributed by atoms with Crippen LogP contribution in [0.25, 0.3) is 0 Å². The Morgan fingerprint density at radius 1 is 1.41 bits per heavy atom. The molecular weight excluding hydrogens is 222 g/mol. The Morgan fingerprint density at radius 3 is 2.65 bits per heavy atom. The van der Waals surface area contributed by atoms with Gasteiger partial charge in [-0.2, -0.15) is 0 Å². The second-order valence-electron chi connectivity index (χ2n) is 3.56. The highest BCUT2D eigenvalue weighted by Gasteiger charge is 2.14. The van der Waals surface area contributed by atoms with Crippen LogP contribution in [0.4, 0.5) is 0 Å². The van der Waals surface area contributed by atoms with Crippen LogP contribution in [0.15, 0.2) is 18.2 Å². The zero-order chi connectivity index (χ0) is 12.8. The summed E-state index contributed by atoms with van der Waals surface area (Å²) < 4.78 is 10.2. The van der Waals surface area contributed by atoms with Crippen molar-refractivity contribution in [2.45, 2.75) is 13.0 Å². The first-order chi connectivity index (χ1) is 8.08. The molecule has 0 saturated heterocycles. The predicted molar refractivity (Wildman–Crippen MR) is 63.2 cm³/mol. The van der Waals surface area contributed by atoms with Gasteiger partial charge in [-0.3, -0.25) is 4.79 Å². The fourth-order valence-electron chi connectivity index (χ4n) is 1.45. The SMILES string of the molecule is COc1ccc(OC)c(C(O)CNC(C)=O)c1. The third-order valence-electron chi connectivity index (χ3n) is 2.34. The van der Waals surface area contributed by atoms with Gasteiger partial charge in [0.2, 0.25) is 5.91 Å². The van der Waals surface area contributed by atoms with Gasteiger partial charge in [-0.05, 0) is 18.2 Å². The first-order valence-electron chi connectivity index (χ1n) is 5.23. The number of hydrogen-bond donors (Lipinski definition) is 2. The molecular formula is C12H17NO4. The van der Waals surface area contributed by atoms with Crippen LogP contribution in [0, 0.1) is 0 Å². The number of ether oxygens (including phenoxy) is 2. The summed E-state index contributed by atoms with van der Waals surface area (Å²) in [6, 6.07) is 5.14. The van der Waals surface area contributed by atoms with Gasteiger partial charge < -0.3 is 19.9 Å². The van der Waals surface area contributed by atoms with E-state index in [0.717, 1.165) is 0 Å². The van der Waals surface area contributed by atoms with E-state index in [1.165, 1.54) is 14.0 Å². The summed E-state index contributed by atoms with van der Waals surface area (Å²) in [7, 11) is 3.07. The van der Waals surface area contributed by atoms with Crippen molar-refractivity contribution in [3.63, 3.8) is 0 Å². The van der Waals surface area contributed by atoms with E-state index in [4.69, 9.17) is 9.47 Å². The second kappa shape index (κ2) is 6.10. The van der Waals surface area contributed by atoms with Crippen LogP contribution in [0.3, 0.4) is 0 Å². The standard InChI is InChI=1S/C12H17NO4/c1-8(14)13-7-11(15)10-6-9(16-2)4-5-12(10)17-3/h4-6,11,15H,7H2,1-3H3,(H,13,14). The summed E-state index contributed by atoms with van der Waals surface area (Å²) >= 11 is 0. The quantitative estimate of drug-likeness (QED) is 0.800. The Morgan fingerprint density at radius 2 is 2.12 bits per heavy atom. The minimum absolute atomic E-state index is 0.138. The van der Waals surface area contributed by atoms with Crippen molar-refractivity contribution in [2.24, 2.45) is 0 Å². The first kappa shape index (κ1) is 13.3. The molecule has 0 heterocycles. The topological polar surface area (TPSA) is 67.8 Å². The number of aliphatic hydroxyl groups is 1. The van der Waals surface area contributed by atoms with Gasteiger partial charge in [-0.25, -0.2) is 0 Å². The molecule has 0 aliphatic rings. The molecule has 5 heteroatoms. The Bertz CT molecular complexity index is 392. The third kappa shape index (κ3) is 3.64. The van der Waals surface area contributed by atoms with Gasteiger partial charge in [0.25, 0.3) is 0 Å². The molecule has 1 rings (SSSR count). The molecule has 1 atom stereocenters. The average molecular weight is 239 g/mol. The number of benzene rings is 1. The summed E-state index contributed by atoms with van der Waals surface area (Å²) in [5, 5.41) is 12.5. The van der Waals surface area contributed by atoms with E-state index in [0.29, 0.717) is 17.1 Å². The van der Waals surface area contributed by atoms with Crippen LogP contribution in [0.2, 0.25) is 0 Å². The molecule has 1 aromatic rings. The van der Waals surface area contributed by atoms with Crippen LogP contribution in [-0.4, -0.2) is 31.8 Å². The van der Waals surface area contributed by atoms with Gasteiger partial charge in [0.15, 0.2) is 0 Å². The number of rotatable bonds is 5. The maximum absolute atomic E-state index is 10.8. The van der Waals surface area contributed by atoms with E-state index in [2.05, 4.69) is 5.32 Å². The number of carbonyl (C=O) groups is 1. The maximum Gasteiger partial charge on any atom is 0.216 e. The van der Waals surface area contributed by atoms with Crippen molar-refractivity contribution >= 4 is 5.91 Å². The summed E-state index contributed by atoms with van der Waals surface area (Å²) in [5.74, 6) is 0.997. The lowest BCUT2D eigenvalue weighted by atomic mass is 10.1. The molecule has 0 fully saturated rings. The Hall–Kier alpha value is -1.75. The molecule has 0 bridgehead atoms. The normalized spacial score (nSPS) is 11.8. The van der Waals surface area contributed by atoms with Crippen LogP contribution in [0.1, 0.15) is 18.6 Å². The minimum Gasteiger partial charge on any atom is -0.497 e. The van der Waals surface area contributed by atoms with E-state index >= 15 is 0 Å². The highest BCUT2D eigenvalue weighted by Crippen LogP contribution is 2.28. The third-order valence-corrected chi connectivity index (χ3v) is 2.34. The number of hydrogen-bond acceptors (Lipinski definition) is 4. The van der Waals surface area contributed by atoms with Gasteiger partial charge in [-0.1, -0.05) is 0 Å². The Labute approximate surface area is 100 Å². The molecule has 0 aliphatic heterocycles. The summed E-state index contributed by atoms with van der Waals surface area (Å²) in [6.07, 6.45) is -0.830. The molecule has 0 aromatic heterocycles. The van der Waals surface area contributed by atoms with E-state index in [-0.39, 0.29) is 12.5 Å². The van der Waals surface area contributed by atoms with Gasteiger partial charge in [0.1, 0.15) is 11.5 Å². The van der Waals surface area contributed by atoms with Crippen molar-refractivity contribution in [1.29, 1.82) is 0 Å². The summed E-state index contributed by atoms with van der Waals surface area (Å²) in [5.41, 5.74) is 0.584. The van der Waals surface area contributed by atoms with Crippen molar-refractivity contribution in [3.05, 3.63) is 23.8 Å². The molecule has 17 heavy (non-hydrogen) atoms. The monoisotopic (exact) mass is 239 g/mol. The fourth-order valence-corrected chi connectivity index (χ4v) is 1.45. The van der Waals surface area contributed by atoms with E-state index in [1.807, 2.05) is 0 Å². The molecule has 94 valence electrons. The molecule has 2 N–H and O–H groups in total. The molecule has 1 aromatic carbocycles. The van der Waals surface area contributed by atoms with Gasteiger partial charge in [0, 0.05) is 19.0 Å². The highest BCUT2D eigenvalue weighted by molar-refractivity contribution is 5.72. The first-order valence-corrected chi connectivity index (χ1v) is 5.23. The molecule has 0 radical (unpaired) electrons. The molecule has 1 amide bonds. The van der Waals surface area contributed by atoms with Gasteiger partial charge in [0.05, 0.1) is 20.3 Å². The smallest absolute Gasteiger partial charge is 0.216 e. The number of carbonyl (C=O) groups excluding carboxylic acids is 1. The number of aliphatic hydroxyl groups excluding tert-OH is 1. The second-order valence-corrected chi connectivity index (χ2v) is 3.56. The largest absolute Gasteiger partial charge is 0.497 e. The molecule has 1 unspecified atom stereocenters. The number of amides is 1. The predicted octanol–water partition coefficient (Wildman–Crippen LogP) is 0.873. The lowest BCUT2D eigenvalue weighted by molar-refractivity contribution is -0.119. The Balaban J connectivity index is 2.88. The lowest BCUT2D eigenvalue weighted by Crippen LogP contribution is -2.26. The van der Waals surface area contributed by atoms with E-state index < -0.39 is 6.10 Å². The van der Waals surface area contributed by atoms with Crippen LogP contribution < -0.4 is 14.8 Å². The van der Waals surface area contributed by atoms with Crippen molar-refractivity contribution in [3.8, 4) is 11.5 Å². The van der Waals surface area contributed by atoms with Crippen LogP contribution >= 0.6 is 0 Å². The summed E-state index contributed by atoms with van der Waals surface area (Å²) in [6.45, 7) is 1.54. The molecule has 0 spiro atoms. The van der Waals surface area contributed by atoms with Crippen molar-refractivity contribution in [2.75, 3.05) is 20.8 Å². The van der Waals surface area contributed by atoms with Gasteiger partial charge >= 0.3 is 0 Å². The maximum atomic E-state index is 10.8. The molecule has 0 saturated carbocycles. The zero-order valence-electron chi connectivity index (χ0n) is 10.2. The van der Waals surface area contributed by atoms with E-state index in [9.17, 15) is 9.90 Å². The van der Waals surface area contributed by atoms with E-state index in [1.54, 1.807) is 25.3 Å². The summed E-state index contributed by atoms with van der Waals surface area (Å²) in [4.78, 5) is 10.8. The van der Waals surface area contributed by atoms with Crippen LogP contribution in [0.5, 0.6) is 11.5 Å². The number of methoxy groups -OCH3 is 2. The van der Waals surface area contributed by atoms with Crippen molar-refractivity contribution < 1.29 is 19.4 Å². The lowest BCUT2D eigenvalue weighted by Gasteiger charge is -2.16. The zero-order valence-corrected chi connectivity index (χ0v) is 10.2. The molecule has 5 nitrogen and oxygen atoms in total. The molecule has 0 aliphatic carbocycles. The highest BCUT2D eigenvalue weighted by atomic mass is 16.5. The van der Waals surface area contributed by atoms with Gasteiger partial charge in [-0.15, -0.1) is 0 Å². The Kier molecular flexibility index (Phi) is 4.78. The average Bonchev–Trinajstić information content (AvgIpc) is 2.34. The number of nitrogens with one attached hydrogen (secondary N) is 1. The minimum atomic E-state index is -0.830.